The molecular weight excluding hydrogens is 226 g/mol. The number of halogens is 2. The summed E-state index contributed by atoms with van der Waals surface area (Å²) in [5.74, 6) is -1.01. The summed E-state index contributed by atoms with van der Waals surface area (Å²) in [4.78, 5) is 12.9. The van der Waals surface area contributed by atoms with Crippen molar-refractivity contribution in [2.75, 3.05) is 7.11 Å². The van der Waals surface area contributed by atoms with Gasteiger partial charge in [0.2, 0.25) is 0 Å². The first-order valence-electron chi connectivity index (χ1n) is 4.12. The Kier molecular flexibility index (Phi) is 3.67. The molecular formula is C8H8F2N2O4. The third kappa shape index (κ3) is 2.22. The van der Waals surface area contributed by atoms with Gasteiger partial charge in [-0.1, -0.05) is 0 Å². The number of ether oxygens (including phenoxy) is 1. The molecule has 0 amide bonds. The number of nitrogens with zero attached hydrogens (tertiary/aromatic N) is 2. The number of methoxy groups -OCH3 is 1. The zero-order valence-electron chi connectivity index (χ0n) is 8.18. The molecule has 0 aromatic carbocycles. The number of nitro groups is 1. The van der Waals surface area contributed by atoms with Crippen LogP contribution in [-0.4, -0.2) is 22.1 Å². The monoisotopic (exact) mass is 234 g/mol. The summed E-state index contributed by atoms with van der Waals surface area (Å²) in [6.07, 6.45) is -2.93. The average molecular weight is 234 g/mol. The molecule has 0 unspecified atom stereocenters. The average Bonchev–Trinajstić information content (AvgIpc) is 2.26. The summed E-state index contributed by atoms with van der Waals surface area (Å²) in [7, 11) is 1.10. The minimum Gasteiger partial charge on any atom is -0.496 e. The Bertz CT molecular complexity index is 386. The van der Waals surface area contributed by atoms with E-state index in [-0.39, 0.29) is 5.75 Å². The first-order valence-corrected chi connectivity index (χ1v) is 4.12. The fourth-order valence-electron chi connectivity index (χ4n) is 1.18. The lowest BCUT2D eigenvalue weighted by molar-refractivity contribution is -0.389. The predicted octanol–water partition coefficient (Wildman–Crippen LogP) is 1.43. The van der Waals surface area contributed by atoms with Crippen LogP contribution in [0.15, 0.2) is 6.07 Å². The van der Waals surface area contributed by atoms with Gasteiger partial charge in [0, 0.05) is 0 Å². The smallest absolute Gasteiger partial charge is 0.367 e. The van der Waals surface area contributed by atoms with E-state index in [4.69, 9.17) is 5.11 Å². The second-order valence-corrected chi connectivity index (χ2v) is 2.76. The zero-order valence-corrected chi connectivity index (χ0v) is 8.18. The van der Waals surface area contributed by atoms with Crippen LogP contribution >= 0.6 is 0 Å². The minimum atomic E-state index is -2.93. The fourth-order valence-corrected chi connectivity index (χ4v) is 1.18. The summed E-state index contributed by atoms with van der Waals surface area (Å²) in [6.45, 7) is -0.822. The van der Waals surface area contributed by atoms with Gasteiger partial charge >= 0.3 is 5.82 Å². The zero-order chi connectivity index (χ0) is 12.3. The first kappa shape index (κ1) is 12.2. The molecule has 8 heteroatoms. The minimum absolute atomic E-state index is 0.360. The van der Waals surface area contributed by atoms with Crippen molar-refractivity contribution in [1.82, 2.24) is 4.98 Å². The van der Waals surface area contributed by atoms with Crippen LogP contribution in [-0.2, 0) is 6.61 Å². The molecule has 0 radical (unpaired) electrons. The van der Waals surface area contributed by atoms with Crippen LogP contribution in [0, 0.1) is 10.1 Å². The first-order chi connectivity index (χ1) is 7.51. The van der Waals surface area contributed by atoms with Gasteiger partial charge in [-0.15, -0.1) is 0 Å². The number of aliphatic hydroxyl groups is 1. The Morgan fingerprint density at radius 1 is 1.69 bits per heavy atom. The Morgan fingerprint density at radius 3 is 2.69 bits per heavy atom. The standard InChI is InChI=1S/C8H8F2N2O4/c1-16-5-2-6(12(14)15)11-4(3-13)7(5)8(9)10/h2,8,13H,3H2,1H3. The molecule has 0 saturated heterocycles. The molecule has 1 rings (SSSR count). The summed E-state index contributed by atoms with van der Waals surface area (Å²) in [6, 6.07) is 0.792. The molecule has 88 valence electrons. The lowest BCUT2D eigenvalue weighted by atomic mass is 10.2. The number of aromatic nitrogens is 1. The van der Waals surface area contributed by atoms with Crippen molar-refractivity contribution >= 4 is 5.82 Å². The van der Waals surface area contributed by atoms with Gasteiger partial charge in [0.05, 0.1) is 13.2 Å². The van der Waals surface area contributed by atoms with Crippen LogP contribution in [0.25, 0.3) is 0 Å². The van der Waals surface area contributed by atoms with Crippen molar-refractivity contribution in [3.63, 3.8) is 0 Å². The van der Waals surface area contributed by atoms with E-state index in [9.17, 15) is 18.9 Å². The van der Waals surface area contributed by atoms with Crippen LogP contribution < -0.4 is 4.74 Å². The van der Waals surface area contributed by atoms with Crippen molar-refractivity contribution < 1.29 is 23.5 Å². The van der Waals surface area contributed by atoms with E-state index in [1.807, 2.05) is 0 Å². The highest BCUT2D eigenvalue weighted by atomic mass is 19.3. The Balaban J connectivity index is 3.42. The van der Waals surface area contributed by atoms with Crippen LogP contribution in [0.2, 0.25) is 0 Å². The molecule has 1 heterocycles. The van der Waals surface area contributed by atoms with E-state index in [1.165, 1.54) is 0 Å². The van der Waals surface area contributed by atoms with Crippen molar-refractivity contribution in [2.24, 2.45) is 0 Å². The molecule has 0 atom stereocenters. The van der Waals surface area contributed by atoms with Gasteiger partial charge in [-0.05, 0) is 9.91 Å². The van der Waals surface area contributed by atoms with Gasteiger partial charge in [0.25, 0.3) is 6.43 Å². The van der Waals surface area contributed by atoms with E-state index in [1.54, 1.807) is 0 Å². The highest BCUT2D eigenvalue weighted by Crippen LogP contribution is 2.33. The number of hydrogen-bond acceptors (Lipinski definition) is 5. The highest BCUT2D eigenvalue weighted by molar-refractivity contribution is 5.43. The molecule has 1 N–H and O–H groups in total. The maximum absolute atomic E-state index is 12.6. The number of alkyl halides is 2. The van der Waals surface area contributed by atoms with Crippen LogP contribution in [0.3, 0.4) is 0 Å². The molecule has 1 aromatic heterocycles. The number of pyridine rings is 1. The number of hydrogen-bond donors (Lipinski definition) is 1. The fraction of sp³-hybridized carbons (Fsp3) is 0.375. The molecule has 0 aliphatic rings. The third-order valence-electron chi connectivity index (χ3n) is 1.86. The molecule has 0 spiro atoms. The summed E-state index contributed by atoms with van der Waals surface area (Å²) in [5.41, 5.74) is -1.09. The Labute approximate surface area is 88.6 Å². The van der Waals surface area contributed by atoms with Crippen LogP contribution in [0.1, 0.15) is 17.7 Å². The van der Waals surface area contributed by atoms with Gasteiger partial charge in [0.15, 0.2) is 5.69 Å². The largest absolute Gasteiger partial charge is 0.496 e. The van der Waals surface area contributed by atoms with Crippen LogP contribution in [0.4, 0.5) is 14.6 Å². The Morgan fingerprint density at radius 2 is 2.31 bits per heavy atom. The van der Waals surface area contributed by atoms with Crippen LogP contribution in [0.5, 0.6) is 5.75 Å². The van der Waals surface area contributed by atoms with Gasteiger partial charge < -0.3 is 20.0 Å². The maximum atomic E-state index is 12.6. The van der Waals surface area contributed by atoms with E-state index in [0.717, 1.165) is 13.2 Å². The SMILES string of the molecule is COc1cc([N+](=O)[O-])nc(CO)c1C(F)F. The molecule has 0 bridgehead atoms. The molecule has 6 nitrogen and oxygen atoms in total. The van der Waals surface area contributed by atoms with Crippen molar-refractivity contribution in [3.05, 3.63) is 27.4 Å². The molecule has 1 aromatic rings. The lowest BCUT2D eigenvalue weighted by Gasteiger charge is -2.08. The second kappa shape index (κ2) is 4.79. The summed E-state index contributed by atoms with van der Waals surface area (Å²) >= 11 is 0. The molecule has 0 saturated carbocycles. The molecule has 16 heavy (non-hydrogen) atoms. The topological polar surface area (TPSA) is 85.5 Å². The van der Waals surface area contributed by atoms with Gasteiger partial charge in [-0.2, -0.15) is 0 Å². The van der Waals surface area contributed by atoms with E-state index in [2.05, 4.69) is 9.72 Å². The number of rotatable bonds is 4. The summed E-state index contributed by atoms with van der Waals surface area (Å²) in [5, 5.41) is 19.3. The predicted molar refractivity (Wildman–Crippen MR) is 48.3 cm³/mol. The lowest BCUT2D eigenvalue weighted by Crippen LogP contribution is -2.05. The van der Waals surface area contributed by atoms with Gasteiger partial charge in [-0.3, -0.25) is 0 Å². The molecule has 0 fully saturated rings. The van der Waals surface area contributed by atoms with E-state index < -0.39 is 35.0 Å². The molecule has 0 aliphatic heterocycles. The quantitative estimate of drug-likeness (QED) is 0.629. The van der Waals surface area contributed by atoms with E-state index >= 15 is 0 Å². The van der Waals surface area contributed by atoms with Gasteiger partial charge in [-0.25, -0.2) is 8.78 Å². The Hall–Kier alpha value is -1.83. The van der Waals surface area contributed by atoms with Crippen molar-refractivity contribution in [3.8, 4) is 5.75 Å². The highest BCUT2D eigenvalue weighted by Gasteiger charge is 2.26. The maximum Gasteiger partial charge on any atom is 0.367 e. The molecule has 0 aliphatic carbocycles. The summed E-state index contributed by atoms with van der Waals surface area (Å²) < 4.78 is 29.8. The van der Waals surface area contributed by atoms with E-state index in [0.29, 0.717) is 0 Å². The van der Waals surface area contributed by atoms with Gasteiger partial charge in [0.1, 0.15) is 17.9 Å². The van der Waals surface area contributed by atoms with Crippen molar-refractivity contribution in [2.45, 2.75) is 13.0 Å². The van der Waals surface area contributed by atoms with Crippen molar-refractivity contribution in [1.29, 1.82) is 0 Å². The normalized spacial score (nSPS) is 10.6. The second-order valence-electron chi connectivity index (χ2n) is 2.76. The third-order valence-corrected chi connectivity index (χ3v) is 1.86. The number of aliphatic hydroxyl groups excluding tert-OH is 1.